The summed E-state index contributed by atoms with van der Waals surface area (Å²) in [5.41, 5.74) is 3.47. The zero-order valence-corrected chi connectivity index (χ0v) is 21.6. The van der Waals surface area contributed by atoms with Gasteiger partial charge in [-0.2, -0.15) is 0 Å². The van der Waals surface area contributed by atoms with Crippen molar-refractivity contribution >= 4 is 29.1 Å². The molecule has 186 valence electrons. The minimum absolute atomic E-state index is 0.0138. The van der Waals surface area contributed by atoms with Crippen molar-refractivity contribution in [2.24, 2.45) is 4.99 Å². The molecule has 0 bridgehead atoms. The van der Waals surface area contributed by atoms with Crippen molar-refractivity contribution in [2.75, 3.05) is 6.61 Å². The molecule has 0 N–H and O–H groups in total. The molecular formula is C27H27N3O5S. The van der Waals surface area contributed by atoms with Crippen LogP contribution in [0.25, 0.3) is 6.08 Å². The number of nitro groups is 1. The van der Waals surface area contributed by atoms with Crippen molar-refractivity contribution in [3.05, 3.63) is 106 Å². The Morgan fingerprint density at radius 1 is 1.22 bits per heavy atom. The van der Waals surface area contributed by atoms with E-state index in [0.717, 1.165) is 11.1 Å². The van der Waals surface area contributed by atoms with Gasteiger partial charge >= 0.3 is 5.97 Å². The van der Waals surface area contributed by atoms with Crippen LogP contribution >= 0.6 is 11.3 Å². The van der Waals surface area contributed by atoms with Crippen LogP contribution in [0.15, 0.2) is 63.5 Å². The number of fused-ring (bicyclic) bond motifs is 1. The van der Waals surface area contributed by atoms with E-state index in [0.29, 0.717) is 37.6 Å². The molecule has 0 radical (unpaired) electrons. The number of nitrogens with zero attached hydrogens (tertiary/aromatic N) is 3. The average Bonchev–Trinajstić information content (AvgIpc) is 3.13. The number of carbonyl (C=O) groups is 1. The minimum Gasteiger partial charge on any atom is -0.463 e. The largest absolute Gasteiger partial charge is 0.463 e. The molecule has 0 aliphatic carbocycles. The van der Waals surface area contributed by atoms with Crippen LogP contribution in [-0.4, -0.2) is 22.1 Å². The molecule has 1 atom stereocenters. The number of rotatable bonds is 6. The summed E-state index contributed by atoms with van der Waals surface area (Å²) in [5.74, 6) is -0.179. The lowest BCUT2D eigenvalue weighted by Gasteiger charge is -2.25. The fraction of sp³-hybridized carbons (Fsp3) is 0.296. The summed E-state index contributed by atoms with van der Waals surface area (Å²) in [5, 5.41) is 11.4. The summed E-state index contributed by atoms with van der Waals surface area (Å²) in [6.45, 7) is 9.53. The second-order valence-electron chi connectivity index (χ2n) is 8.93. The summed E-state index contributed by atoms with van der Waals surface area (Å²) in [6.07, 6.45) is 1.62. The number of allylic oxidation sites excluding steroid dienone is 1. The van der Waals surface area contributed by atoms with Crippen LogP contribution in [0.3, 0.4) is 0 Å². The first-order valence-electron chi connectivity index (χ1n) is 11.7. The highest BCUT2D eigenvalue weighted by atomic mass is 32.1. The van der Waals surface area contributed by atoms with Gasteiger partial charge in [-0.25, -0.2) is 9.79 Å². The number of carbonyl (C=O) groups excluding carboxylic acids is 1. The number of aryl methyl sites for hydroxylation is 1. The van der Waals surface area contributed by atoms with Gasteiger partial charge in [0.1, 0.15) is 0 Å². The van der Waals surface area contributed by atoms with Gasteiger partial charge in [-0.1, -0.05) is 61.6 Å². The molecule has 1 aliphatic rings. The molecule has 2 aromatic carbocycles. The Balaban J connectivity index is 1.93. The lowest BCUT2D eigenvalue weighted by Crippen LogP contribution is -2.39. The van der Waals surface area contributed by atoms with Crippen molar-refractivity contribution in [1.29, 1.82) is 0 Å². The maximum atomic E-state index is 13.7. The van der Waals surface area contributed by atoms with Gasteiger partial charge in [-0.15, -0.1) is 0 Å². The quantitative estimate of drug-likeness (QED) is 0.285. The molecule has 0 saturated carbocycles. The summed E-state index contributed by atoms with van der Waals surface area (Å²) in [6, 6.07) is 12.0. The molecule has 0 amide bonds. The molecule has 36 heavy (non-hydrogen) atoms. The summed E-state index contributed by atoms with van der Waals surface area (Å²) in [7, 11) is 0. The van der Waals surface area contributed by atoms with Crippen molar-refractivity contribution in [1.82, 2.24) is 4.57 Å². The van der Waals surface area contributed by atoms with E-state index >= 15 is 0 Å². The number of aromatic nitrogens is 1. The number of ether oxygens (including phenoxy) is 1. The van der Waals surface area contributed by atoms with Crippen LogP contribution in [-0.2, 0) is 9.53 Å². The first kappa shape index (κ1) is 25.2. The predicted molar refractivity (Wildman–Crippen MR) is 139 cm³/mol. The fourth-order valence-electron chi connectivity index (χ4n) is 4.23. The highest BCUT2D eigenvalue weighted by Gasteiger charge is 2.33. The first-order chi connectivity index (χ1) is 17.1. The smallest absolute Gasteiger partial charge is 0.338 e. The average molecular weight is 506 g/mol. The second kappa shape index (κ2) is 10.0. The molecular weight excluding hydrogens is 478 g/mol. The summed E-state index contributed by atoms with van der Waals surface area (Å²) in [4.78, 5) is 42.6. The van der Waals surface area contributed by atoms with Gasteiger partial charge in [-0.05, 0) is 49.5 Å². The molecule has 0 fully saturated rings. The molecule has 0 spiro atoms. The monoisotopic (exact) mass is 505 g/mol. The van der Waals surface area contributed by atoms with Crippen LogP contribution in [0.2, 0.25) is 0 Å². The number of nitro benzene ring substituents is 1. The van der Waals surface area contributed by atoms with Crippen molar-refractivity contribution in [2.45, 2.75) is 46.6 Å². The SMILES string of the molecule is CCOC(=O)C1=C(C)N=c2sc(=Cc3ccc(C)c([N+](=O)[O-])c3)c(=O)n2C1c1ccc(C(C)C)cc1. The Bertz CT molecular complexity index is 1560. The van der Waals surface area contributed by atoms with Gasteiger partial charge in [0.15, 0.2) is 4.80 Å². The summed E-state index contributed by atoms with van der Waals surface area (Å²) >= 11 is 1.18. The lowest BCUT2D eigenvalue weighted by molar-refractivity contribution is -0.385. The summed E-state index contributed by atoms with van der Waals surface area (Å²) < 4.78 is 7.21. The Morgan fingerprint density at radius 2 is 1.92 bits per heavy atom. The van der Waals surface area contributed by atoms with E-state index in [9.17, 15) is 19.7 Å². The standard InChI is InChI=1S/C27H27N3O5S/c1-6-35-26(32)23-17(5)28-27-29(24(23)20-11-9-19(10-12-20)15(2)3)25(31)22(36-27)14-18-8-7-16(4)21(13-18)30(33)34/h7-15,24H,6H2,1-5H3. The van der Waals surface area contributed by atoms with Gasteiger partial charge in [0.2, 0.25) is 0 Å². The lowest BCUT2D eigenvalue weighted by atomic mass is 9.93. The van der Waals surface area contributed by atoms with Crippen molar-refractivity contribution in [3.63, 3.8) is 0 Å². The van der Waals surface area contributed by atoms with Crippen LogP contribution in [0, 0.1) is 17.0 Å². The predicted octanol–water partition coefficient (Wildman–Crippen LogP) is 4.14. The van der Waals surface area contributed by atoms with E-state index in [1.54, 1.807) is 39.0 Å². The van der Waals surface area contributed by atoms with Gasteiger partial charge in [0.25, 0.3) is 11.2 Å². The molecule has 1 unspecified atom stereocenters. The van der Waals surface area contributed by atoms with Gasteiger partial charge < -0.3 is 4.74 Å². The maximum Gasteiger partial charge on any atom is 0.338 e. The molecule has 2 heterocycles. The number of hydrogen-bond donors (Lipinski definition) is 0. The zero-order valence-electron chi connectivity index (χ0n) is 20.8. The molecule has 8 nitrogen and oxygen atoms in total. The van der Waals surface area contributed by atoms with E-state index in [-0.39, 0.29) is 17.9 Å². The van der Waals surface area contributed by atoms with Crippen LogP contribution in [0.1, 0.15) is 61.9 Å². The van der Waals surface area contributed by atoms with Crippen molar-refractivity contribution in [3.8, 4) is 0 Å². The zero-order chi connectivity index (χ0) is 26.1. The van der Waals surface area contributed by atoms with Crippen LogP contribution < -0.4 is 14.9 Å². The molecule has 1 aromatic heterocycles. The van der Waals surface area contributed by atoms with Gasteiger partial charge in [-0.3, -0.25) is 19.5 Å². The molecule has 4 rings (SSSR count). The van der Waals surface area contributed by atoms with E-state index in [1.165, 1.54) is 22.0 Å². The van der Waals surface area contributed by atoms with Gasteiger partial charge in [0.05, 0.1) is 33.4 Å². The Kier molecular flexibility index (Phi) is 7.03. The number of hydrogen-bond acceptors (Lipinski definition) is 7. The highest BCUT2D eigenvalue weighted by molar-refractivity contribution is 7.07. The molecule has 9 heteroatoms. The third kappa shape index (κ3) is 4.66. The third-order valence-corrected chi connectivity index (χ3v) is 7.15. The fourth-order valence-corrected chi connectivity index (χ4v) is 5.28. The maximum absolute atomic E-state index is 13.7. The van der Waals surface area contributed by atoms with Crippen LogP contribution in [0.4, 0.5) is 5.69 Å². The van der Waals surface area contributed by atoms with Crippen molar-refractivity contribution < 1.29 is 14.5 Å². The highest BCUT2D eigenvalue weighted by Crippen LogP contribution is 2.31. The second-order valence-corrected chi connectivity index (χ2v) is 9.94. The third-order valence-electron chi connectivity index (χ3n) is 6.16. The number of benzene rings is 2. The Labute approximate surface area is 212 Å². The number of thiazole rings is 1. The van der Waals surface area contributed by atoms with E-state index in [4.69, 9.17) is 4.74 Å². The van der Waals surface area contributed by atoms with E-state index < -0.39 is 16.9 Å². The molecule has 0 saturated heterocycles. The van der Waals surface area contributed by atoms with E-state index in [1.807, 2.05) is 24.3 Å². The minimum atomic E-state index is -0.698. The normalized spacial score (nSPS) is 15.6. The molecule has 3 aromatic rings. The molecule has 1 aliphatic heterocycles. The van der Waals surface area contributed by atoms with Crippen LogP contribution in [0.5, 0.6) is 0 Å². The Morgan fingerprint density at radius 3 is 2.53 bits per heavy atom. The Hall–Kier alpha value is -3.85. The number of esters is 1. The van der Waals surface area contributed by atoms with Gasteiger partial charge in [0, 0.05) is 11.6 Å². The first-order valence-corrected chi connectivity index (χ1v) is 12.5. The topological polar surface area (TPSA) is 104 Å². The van der Waals surface area contributed by atoms with E-state index in [2.05, 4.69) is 18.8 Å².